The number of imidazole rings is 1. The average molecular weight is 494 g/mol. The molecule has 0 unspecified atom stereocenters. The lowest BCUT2D eigenvalue weighted by atomic mass is 9.89. The zero-order valence-electron chi connectivity index (χ0n) is 21.1. The zero-order valence-corrected chi connectivity index (χ0v) is 21.1. The van der Waals surface area contributed by atoms with Gasteiger partial charge in [0.15, 0.2) is 11.6 Å². The van der Waals surface area contributed by atoms with E-state index in [2.05, 4.69) is 65.0 Å². The van der Waals surface area contributed by atoms with Crippen molar-refractivity contribution in [2.75, 3.05) is 19.0 Å². The number of hydrogen-bond acceptors (Lipinski definition) is 6. The van der Waals surface area contributed by atoms with E-state index in [1.54, 1.807) is 13.3 Å². The molecule has 8 heteroatoms. The highest BCUT2D eigenvalue weighted by atomic mass is 16.5. The first-order valence-electron chi connectivity index (χ1n) is 12.7. The molecule has 0 amide bonds. The Morgan fingerprint density at radius 3 is 2.51 bits per heavy atom. The van der Waals surface area contributed by atoms with Crippen molar-refractivity contribution in [3.63, 3.8) is 0 Å². The van der Waals surface area contributed by atoms with Crippen molar-refractivity contribution in [2.24, 2.45) is 12.8 Å². The van der Waals surface area contributed by atoms with Gasteiger partial charge in [-0.25, -0.2) is 14.5 Å². The van der Waals surface area contributed by atoms with Crippen molar-refractivity contribution < 1.29 is 4.74 Å². The van der Waals surface area contributed by atoms with Crippen LogP contribution in [0.4, 0.5) is 5.82 Å². The van der Waals surface area contributed by atoms with Gasteiger partial charge in [0, 0.05) is 49.9 Å². The summed E-state index contributed by atoms with van der Waals surface area (Å²) < 4.78 is 9.42. The summed E-state index contributed by atoms with van der Waals surface area (Å²) in [5.41, 5.74) is 12.4. The SMILES string of the molecule is COC1CC(Nc2nc(-c3nccn3C)nn3cc(-c4ccc(CCN)cc4)c(-c4ccccc4)c23)C1. The van der Waals surface area contributed by atoms with Crippen LogP contribution in [0.2, 0.25) is 0 Å². The van der Waals surface area contributed by atoms with Crippen molar-refractivity contribution in [1.29, 1.82) is 0 Å². The molecule has 188 valence electrons. The summed E-state index contributed by atoms with van der Waals surface area (Å²) in [6.45, 7) is 0.635. The topological polar surface area (TPSA) is 95.3 Å². The van der Waals surface area contributed by atoms with Crippen LogP contribution in [0.3, 0.4) is 0 Å². The predicted octanol–water partition coefficient (Wildman–Crippen LogP) is 4.55. The number of aryl methyl sites for hydroxylation is 1. The number of nitrogens with two attached hydrogens (primary N) is 1. The Labute approximate surface area is 216 Å². The van der Waals surface area contributed by atoms with Gasteiger partial charge in [0.2, 0.25) is 5.82 Å². The van der Waals surface area contributed by atoms with Crippen LogP contribution in [0.1, 0.15) is 18.4 Å². The summed E-state index contributed by atoms with van der Waals surface area (Å²) in [4.78, 5) is 9.54. The fraction of sp³-hybridized carbons (Fsp3) is 0.276. The molecule has 3 heterocycles. The number of aromatic nitrogens is 5. The van der Waals surface area contributed by atoms with Gasteiger partial charge in [0.05, 0.1) is 6.10 Å². The van der Waals surface area contributed by atoms with Gasteiger partial charge in [-0.3, -0.25) is 0 Å². The minimum absolute atomic E-state index is 0.285. The third kappa shape index (κ3) is 4.39. The molecule has 0 saturated heterocycles. The van der Waals surface area contributed by atoms with Gasteiger partial charge < -0.3 is 20.4 Å². The maximum atomic E-state index is 5.78. The third-order valence-electron chi connectivity index (χ3n) is 7.18. The molecule has 3 aromatic heterocycles. The number of nitrogens with one attached hydrogen (secondary N) is 1. The van der Waals surface area contributed by atoms with Crippen LogP contribution in [-0.2, 0) is 18.2 Å². The van der Waals surface area contributed by atoms with E-state index in [1.165, 1.54) is 5.56 Å². The average Bonchev–Trinajstić information content (AvgIpc) is 3.50. The lowest BCUT2D eigenvalue weighted by Crippen LogP contribution is -2.40. The molecule has 0 aliphatic heterocycles. The molecule has 5 aromatic rings. The third-order valence-corrected chi connectivity index (χ3v) is 7.18. The molecule has 37 heavy (non-hydrogen) atoms. The maximum Gasteiger partial charge on any atom is 0.218 e. The van der Waals surface area contributed by atoms with Gasteiger partial charge in [-0.2, -0.15) is 0 Å². The van der Waals surface area contributed by atoms with Crippen molar-refractivity contribution in [3.8, 4) is 33.9 Å². The summed E-state index contributed by atoms with van der Waals surface area (Å²) >= 11 is 0. The summed E-state index contributed by atoms with van der Waals surface area (Å²) in [6, 6.07) is 19.4. The molecule has 1 saturated carbocycles. The van der Waals surface area contributed by atoms with Crippen LogP contribution in [-0.4, -0.2) is 49.9 Å². The highest BCUT2D eigenvalue weighted by Crippen LogP contribution is 2.40. The normalized spacial score (nSPS) is 17.2. The van der Waals surface area contributed by atoms with E-state index in [0.717, 1.165) is 58.7 Å². The highest BCUT2D eigenvalue weighted by Gasteiger charge is 2.31. The Bertz CT molecular complexity index is 1520. The van der Waals surface area contributed by atoms with E-state index in [0.29, 0.717) is 12.4 Å². The molecule has 1 aliphatic carbocycles. The number of benzene rings is 2. The van der Waals surface area contributed by atoms with Crippen LogP contribution >= 0.6 is 0 Å². The second-order valence-electron chi connectivity index (χ2n) is 9.63. The van der Waals surface area contributed by atoms with Crippen LogP contribution in [0.15, 0.2) is 73.2 Å². The van der Waals surface area contributed by atoms with Gasteiger partial charge in [-0.15, -0.1) is 5.10 Å². The number of fused-ring (bicyclic) bond motifs is 1. The Balaban J connectivity index is 1.56. The van der Waals surface area contributed by atoms with E-state index in [1.807, 2.05) is 28.4 Å². The molecule has 0 radical (unpaired) electrons. The molecule has 8 nitrogen and oxygen atoms in total. The van der Waals surface area contributed by atoms with E-state index in [-0.39, 0.29) is 12.1 Å². The van der Waals surface area contributed by atoms with E-state index in [9.17, 15) is 0 Å². The Hall–Kier alpha value is -4.01. The van der Waals surface area contributed by atoms with Gasteiger partial charge in [0.25, 0.3) is 0 Å². The van der Waals surface area contributed by atoms with E-state index >= 15 is 0 Å². The van der Waals surface area contributed by atoms with Gasteiger partial charge >= 0.3 is 0 Å². The molecule has 0 spiro atoms. The number of rotatable bonds is 8. The van der Waals surface area contributed by atoms with Gasteiger partial charge in [-0.1, -0.05) is 54.6 Å². The van der Waals surface area contributed by atoms with Crippen molar-refractivity contribution in [2.45, 2.75) is 31.4 Å². The summed E-state index contributed by atoms with van der Waals surface area (Å²) in [6.07, 6.45) is 8.82. The second-order valence-corrected chi connectivity index (χ2v) is 9.63. The number of nitrogens with zero attached hydrogens (tertiary/aromatic N) is 5. The Kier molecular flexibility index (Phi) is 6.20. The molecule has 1 aliphatic rings. The second kappa shape index (κ2) is 9.80. The molecule has 1 fully saturated rings. The molecular weight excluding hydrogens is 462 g/mol. The van der Waals surface area contributed by atoms with Crippen LogP contribution in [0.25, 0.3) is 39.4 Å². The standard InChI is InChI=1S/C29H31N7O/c1-35-15-14-31-29(35)28-33-27(32-22-16-23(17-22)37-2)26-25(21-6-4-3-5-7-21)24(18-36(26)34-28)20-10-8-19(9-11-20)12-13-30/h3-11,14-15,18,22-23H,12-13,16-17,30H2,1-2H3,(H,32,33,34). The molecule has 3 N–H and O–H groups in total. The maximum absolute atomic E-state index is 5.78. The smallest absolute Gasteiger partial charge is 0.218 e. The zero-order chi connectivity index (χ0) is 25.4. The highest BCUT2D eigenvalue weighted by molar-refractivity contribution is 5.99. The molecule has 2 aromatic carbocycles. The number of hydrogen-bond donors (Lipinski definition) is 2. The predicted molar refractivity (Wildman–Crippen MR) is 146 cm³/mol. The molecule has 0 bridgehead atoms. The monoisotopic (exact) mass is 493 g/mol. The number of anilines is 1. The van der Waals surface area contributed by atoms with E-state index < -0.39 is 0 Å². The Morgan fingerprint density at radius 1 is 1.05 bits per heavy atom. The summed E-state index contributed by atoms with van der Waals surface area (Å²) in [5.74, 6) is 2.10. The van der Waals surface area contributed by atoms with Crippen LogP contribution < -0.4 is 11.1 Å². The van der Waals surface area contributed by atoms with E-state index in [4.69, 9.17) is 20.6 Å². The molecular formula is C29H31N7O. The summed E-state index contributed by atoms with van der Waals surface area (Å²) in [5, 5.41) is 8.65. The number of ether oxygens (including phenoxy) is 1. The minimum atomic E-state index is 0.285. The first-order chi connectivity index (χ1) is 18.1. The fourth-order valence-electron chi connectivity index (χ4n) is 5.06. The van der Waals surface area contributed by atoms with Crippen molar-refractivity contribution in [1.82, 2.24) is 24.1 Å². The largest absolute Gasteiger partial charge is 0.381 e. The van der Waals surface area contributed by atoms with Gasteiger partial charge in [0.1, 0.15) is 5.52 Å². The summed E-state index contributed by atoms with van der Waals surface area (Å²) in [7, 11) is 3.73. The quantitative estimate of drug-likeness (QED) is 0.329. The fourth-order valence-corrected chi connectivity index (χ4v) is 5.06. The first-order valence-corrected chi connectivity index (χ1v) is 12.7. The Morgan fingerprint density at radius 2 is 1.84 bits per heavy atom. The van der Waals surface area contributed by atoms with Crippen LogP contribution in [0, 0.1) is 0 Å². The lowest BCUT2D eigenvalue weighted by molar-refractivity contribution is 0.0328. The number of methoxy groups -OCH3 is 1. The van der Waals surface area contributed by atoms with Gasteiger partial charge in [-0.05, 0) is 42.5 Å². The lowest BCUT2D eigenvalue weighted by Gasteiger charge is -2.35. The molecule has 0 atom stereocenters. The first kappa shape index (κ1) is 23.4. The van der Waals surface area contributed by atoms with Crippen molar-refractivity contribution in [3.05, 3.63) is 78.8 Å². The van der Waals surface area contributed by atoms with Crippen molar-refractivity contribution >= 4 is 11.3 Å². The molecule has 6 rings (SSSR count). The minimum Gasteiger partial charge on any atom is -0.381 e. The van der Waals surface area contributed by atoms with Crippen LogP contribution in [0.5, 0.6) is 0 Å².